The van der Waals surface area contributed by atoms with Crippen molar-refractivity contribution in [2.75, 3.05) is 26.5 Å². The minimum atomic E-state index is -0.275. The van der Waals surface area contributed by atoms with Crippen LogP contribution in [0, 0.1) is 5.82 Å². The number of nitrogens with zero attached hydrogens (tertiary/aromatic N) is 2. The van der Waals surface area contributed by atoms with E-state index in [1.54, 1.807) is 43.5 Å². The third kappa shape index (κ3) is 5.47. The highest BCUT2D eigenvalue weighted by atomic mass is 32.2. The summed E-state index contributed by atoms with van der Waals surface area (Å²) >= 11 is 1.12. The lowest BCUT2D eigenvalue weighted by molar-refractivity contribution is -0.118. The van der Waals surface area contributed by atoms with Gasteiger partial charge in [-0.25, -0.2) is 4.39 Å². The number of ether oxygens (including phenoxy) is 2. The maximum absolute atomic E-state index is 13.6. The fourth-order valence-electron chi connectivity index (χ4n) is 2.57. The van der Waals surface area contributed by atoms with E-state index >= 15 is 0 Å². The number of halogens is 1. The summed E-state index contributed by atoms with van der Waals surface area (Å²) in [6.07, 6.45) is 0.422. The van der Waals surface area contributed by atoms with Gasteiger partial charge in [-0.1, -0.05) is 30.0 Å². The number of aromatic nitrogens is 2. The Bertz CT molecular complexity index is 980. The lowest BCUT2D eigenvalue weighted by Crippen LogP contribution is -2.27. The second kappa shape index (κ2) is 9.92. The highest BCUT2D eigenvalue weighted by molar-refractivity contribution is 7.99. The van der Waals surface area contributed by atoms with Crippen LogP contribution in [-0.4, -0.2) is 42.6 Å². The summed E-state index contributed by atoms with van der Waals surface area (Å²) in [5.74, 6) is 1.10. The number of amides is 1. The van der Waals surface area contributed by atoms with Gasteiger partial charge in [-0.15, -0.1) is 10.2 Å². The topological polar surface area (TPSA) is 86.5 Å². The second-order valence-electron chi connectivity index (χ2n) is 5.92. The van der Waals surface area contributed by atoms with Crippen molar-refractivity contribution in [3.63, 3.8) is 0 Å². The van der Waals surface area contributed by atoms with E-state index in [0.717, 1.165) is 11.8 Å². The normalized spacial score (nSPS) is 10.6. The number of thioether (sulfide) groups is 1. The molecule has 3 rings (SSSR count). The van der Waals surface area contributed by atoms with Crippen LogP contribution in [0.2, 0.25) is 0 Å². The van der Waals surface area contributed by atoms with Crippen LogP contribution in [0.4, 0.5) is 4.39 Å². The van der Waals surface area contributed by atoms with Crippen LogP contribution < -0.4 is 14.8 Å². The largest absolute Gasteiger partial charge is 0.497 e. The first-order valence-electron chi connectivity index (χ1n) is 8.79. The van der Waals surface area contributed by atoms with Crippen LogP contribution >= 0.6 is 11.8 Å². The van der Waals surface area contributed by atoms with Crippen LogP contribution in [0.25, 0.3) is 11.5 Å². The molecule has 1 aromatic heterocycles. The van der Waals surface area contributed by atoms with Gasteiger partial charge >= 0.3 is 0 Å². The standard InChI is InChI=1S/C20H20FN3O4S/c1-26-14-7-8-15(17(11-14)27-2)19-23-24-20(28-19)29-12-18(25)22-10-9-13-5-3-4-6-16(13)21/h3-8,11H,9-10,12H2,1-2H3,(H,22,25). The molecule has 0 aliphatic rings. The second-order valence-corrected chi connectivity index (χ2v) is 6.85. The first-order valence-corrected chi connectivity index (χ1v) is 9.78. The lowest BCUT2D eigenvalue weighted by atomic mass is 10.1. The molecule has 1 N–H and O–H groups in total. The molecular formula is C20H20FN3O4S. The quantitative estimate of drug-likeness (QED) is 0.534. The van der Waals surface area contributed by atoms with Gasteiger partial charge in [-0.05, 0) is 30.2 Å². The summed E-state index contributed by atoms with van der Waals surface area (Å²) in [4.78, 5) is 12.0. The Morgan fingerprint density at radius 1 is 1.17 bits per heavy atom. The van der Waals surface area contributed by atoms with E-state index in [-0.39, 0.29) is 28.6 Å². The predicted octanol–water partition coefficient (Wildman–Crippen LogP) is 3.34. The van der Waals surface area contributed by atoms with Gasteiger partial charge < -0.3 is 19.2 Å². The Kier molecular flexibility index (Phi) is 7.07. The first kappa shape index (κ1) is 20.7. The zero-order valence-corrected chi connectivity index (χ0v) is 16.8. The van der Waals surface area contributed by atoms with Gasteiger partial charge in [-0.2, -0.15) is 0 Å². The van der Waals surface area contributed by atoms with Gasteiger partial charge in [0.2, 0.25) is 5.91 Å². The lowest BCUT2D eigenvalue weighted by Gasteiger charge is -2.07. The minimum Gasteiger partial charge on any atom is -0.497 e. The van der Waals surface area contributed by atoms with Crippen molar-refractivity contribution in [3.05, 3.63) is 53.8 Å². The molecular weight excluding hydrogens is 397 g/mol. The van der Waals surface area contributed by atoms with Crippen molar-refractivity contribution in [2.24, 2.45) is 0 Å². The van der Waals surface area contributed by atoms with E-state index in [1.165, 1.54) is 13.2 Å². The molecule has 0 fully saturated rings. The Hall–Kier alpha value is -3.07. The molecule has 152 valence electrons. The van der Waals surface area contributed by atoms with Crippen LogP contribution in [0.15, 0.2) is 52.1 Å². The molecule has 0 saturated carbocycles. The smallest absolute Gasteiger partial charge is 0.277 e. The first-order chi connectivity index (χ1) is 14.1. The molecule has 1 heterocycles. The molecule has 0 aliphatic carbocycles. The molecule has 9 heteroatoms. The summed E-state index contributed by atoms with van der Waals surface area (Å²) in [5.41, 5.74) is 1.19. The van der Waals surface area contributed by atoms with Crippen molar-refractivity contribution in [2.45, 2.75) is 11.6 Å². The molecule has 0 radical (unpaired) electrons. The van der Waals surface area contributed by atoms with Crippen LogP contribution in [-0.2, 0) is 11.2 Å². The molecule has 0 atom stereocenters. The van der Waals surface area contributed by atoms with Crippen molar-refractivity contribution in [1.29, 1.82) is 0 Å². The number of rotatable bonds is 9. The van der Waals surface area contributed by atoms with Gasteiger partial charge in [0.25, 0.3) is 11.1 Å². The number of hydrogen-bond acceptors (Lipinski definition) is 7. The van der Waals surface area contributed by atoms with Gasteiger partial charge in [0.15, 0.2) is 0 Å². The average Bonchev–Trinajstić information content (AvgIpc) is 3.22. The Balaban J connectivity index is 1.51. The summed E-state index contributed by atoms with van der Waals surface area (Å²) in [7, 11) is 3.10. The summed E-state index contributed by atoms with van der Waals surface area (Å²) < 4.78 is 29.7. The van der Waals surface area contributed by atoms with Crippen LogP contribution in [0.3, 0.4) is 0 Å². The molecule has 0 aliphatic heterocycles. The van der Waals surface area contributed by atoms with Gasteiger partial charge in [-0.3, -0.25) is 4.79 Å². The number of nitrogens with one attached hydrogen (secondary N) is 1. The third-order valence-electron chi connectivity index (χ3n) is 4.05. The van der Waals surface area contributed by atoms with Crippen molar-refractivity contribution < 1.29 is 23.1 Å². The molecule has 1 amide bonds. The van der Waals surface area contributed by atoms with Gasteiger partial charge in [0.1, 0.15) is 17.3 Å². The number of hydrogen-bond donors (Lipinski definition) is 1. The predicted molar refractivity (Wildman–Crippen MR) is 107 cm³/mol. The zero-order chi connectivity index (χ0) is 20.6. The van der Waals surface area contributed by atoms with Gasteiger partial charge in [0.05, 0.1) is 25.5 Å². The number of methoxy groups -OCH3 is 2. The van der Waals surface area contributed by atoms with E-state index in [2.05, 4.69) is 15.5 Å². The van der Waals surface area contributed by atoms with Gasteiger partial charge in [0, 0.05) is 12.6 Å². The maximum atomic E-state index is 13.6. The van der Waals surface area contributed by atoms with E-state index < -0.39 is 0 Å². The fourth-order valence-corrected chi connectivity index (χ4v) is 3.16. The fraction of sp³-hybridized carbons (Fsp3) is 0.250. The zero-order valence-electron chi connectivity index (χ0n) is 16.0. The number of benzene rings is 2. The average molecular weight is 417 g/mol. The highest BCUT2D eigenvalue weighted by Gasteiger charge is 2.15. The third-order valence-corrected chi connectivity index (χ3v) is 4.87. The van der Waals surface area contributed by atoms with Crippen LogP contribution in [0.1, 0.15) is 5.56 Å². The Morgan fingerprint density at radius 3 is 2.76 bits per heavy atom. The molecule has 0 saturated heterocycles. The molecule has 29 heavy (non-hydrogen) atoms. The summed E-state index contributed by atoms with van der Waals surface area (Å²) in [6.45, 7) is 0.346. The Morgan fingerprint density at radius 2 is 2.00 bits per heavy atom. The van der Waals surface area contributed by atoms with Crippen molar-refractivity contribution >= 4 is 17.7 Å². The summed E-state index contributed by atoms with van der Waals surface area (Å²) in [5, 5.41) is 11.0. The molecule has 7 nitrogen and oxygen atoms in total. The van der Waals surface area contributed by atoms with E-state index in [4.69, 9.17) is 13.9 Å². The molecule has 3 aromatic rings. The maximum Gasteiger partial charge on any atom is 0.277 e. The van der Waals surface area contributed by atoms with Crippen molar-refractivity contribution in [1.82, 2.24) is 15.5 Å². The summed E-state index contributed by atoms with van der Waals surface area (Å²) in [6, 6.07) is 11.7. The molecule has 0 bridgehead atoms. The SMILES string of the molecule is COc1ccc(-c2nnc(SCC(=O)NCCc3ccccc3F)o2)c(OC)c1. The molecule has 2 aromatic carbocycles. The molecule has 0 unspecified atom stereocenters. The minimum absolute atomic E-state index is 0.110. The Labute approximate surface area is 171 Å². The highest BCUT2D eigenvalue weighted by Crippen LogP contribution is 2.33. The van der Waals surface area contributed by atoms with Crippen LogP contribution in [0.5, 0.6) is 11.5 Å². The van der Waals surface area contributed by atoms with E-state index in [0.29, 0.717) is 35.6 Å². The van der Waals surface area contributed by atoms with E-state index in [9.17, 15) is 9.18 Å². The number of carbonyl (C=O) groups excluding carboxylic acids is 1. The monoisotopic (exact) mass is 417 g/mol. The molecule has 0 spiro atoms. The van der Waals surface area contributed by atoms with Crippen molar-refractivity contribution in [3.8, 4) is 23.0 Å². The number of carbonyl (C=O) groups is 1. The van der Waals surface area contributed by atoms with E-state index in [1.807, 2.05) is 0 Å².